The Bertz CT molecular complexity index is 351. The summed E-state index contributed by atoms with van der Waals surface area (Å²) < 4.78 is 10.1. The third-order valence-electron chi connectivity index (χ3n) is 1.80. The molecular formula is C10H13NO4. The first-order valence-electron chi connectivity index (χ1n) is 4.47. The summed E-state index contributed by atoms with van der Waals surface area (Å²) in [5.41, 5.74) is 0.859. The quantitative estimate of drug-likeness (QED) is 0.739. The average Bonchev–Trinajstić information content (AvgIpc) is 2.20. The molecule has 5 nitrogen and oxygen atoms in total. The number of nitrogens with zero attached hydrogens (tertiary/aromatic N) is 1. The van der Waals surface area contributed by atoms with Gasteiger partial charge in [0.25, 0.3) is 0 Å². The van der Waals surface area contributed by atoms with Crippen LogP contribution in [-0.4, -0.2) is 36.4 Å². The number of hydrogen-bond donors (Lipinski definition) is 1. The van der Waals surface area contributed by atoms with E-state index < -0.39 is 5.97 Å². The van der Waals surface area contributed by atoms with Crippen molar-refractivity contribution in [1.29, 1.82) is 0 Å². The fourth-order valence-corrected chi connectivity index (χ4v) is 1.05. The largest absolute Gasteiger partial charge is 0.478 e. The maximum atomic E-state index is 10.6. The van der Waals surface area contributed by atoms with Gasteiger partial charge in [0.2, 0.25) is 5.88 Å². The lowest BCUT2D eigenvalue weighted by atomic mass is 10.2. The first-order valence-corrected chi connectivity index (χ1v) is 4.47. The Morgan fingerprint density at radius 2 is 2.27 bits per heavy atom. The Morgan fingerprint density at radius 1 is 1.53 bits per heavy atom. The summed E-state index contributed by atoms with van der Waals surface area (Å²) in [4.78, 5) is 14.5. The smallest absolute Gasteiger partial charge is 0.337 e. The molecule has 0 aliphatic heterocycles. The topological polar surface area (TPSA) is 68.7 Å². The number of ether oxygens (including phenoxy) is 2. The van der Waals surface area contributed by atoms with Crippen LogP contribution in [0.15, 0.2) is 12.3 Å². The molecule has 0 saturated heterocycles. The highest BCUT2D eigenvalue weighted by molar-refractivity contribution is 5.87. The Kier molecular flexibility index (Phi) is 4.05. The van der Waals surface area contributed by atoms with Crippen molar-refractivity contribution in [3.63, 3.8) is 0 Å². The van der Waals surface area contributed by atoms with Gasteiger partial charge < -0.3 is 14.6 Å². The molecule has 1 aromatic rings. The molecule has 0 amide bonds. The maximum Gasteiger partial charge on any atom is 0.337 e. The monoisotopic (exact) mass is 211 g/mol. The third-order valence-corrected chi connectivity index (χ3v) is 1.80. The number of carboxylic acid groups (broad SMARTS) is 1. The summed E-state index contributed by atoms with van der Waals surface area (Å²) >= 11 is 0. The van der Waals surface area contributed by atoms with E-state index in [1.54, 1.807) is 14.0 Å². The summed E-state index contributed by atoms with van der Waals surface area (Å²) in [5, 5.41) is 8.71. The molecule has 0 aliphatic rings. The molecule has 1 aromatic heterocycles. The van der Waals surface area contributed by atoms with Crippen molar-refractivity contribution in [2.45, 2.75) is 6.92 Å². The molecule has 1 heterocycles. The van der Waals surface area contributed by atoms with Crippen LogP contribution in [0, 0.1) is 6.92 Å². The van der Waals surface area contributed by atoms with Crippen molar-refractivity contribution in [3.8, 4) is 5.88 Å². The van der Waals surface area contributed by atoms with Crippen molar-refractivity contribution < 1.29 is 19.4 Å². The zero-order valence-electron chi connectivity index (χ0n) is 8.69. The Hall–Kier alpha value is -1.62. The number of pyridine rings is 1. The lowest BCUT2D eigenvalue weighted by Crippen LogP contribution is -2.07. The van der Waals surface area contributed by atoms with Crippen molar-refractivity contribution in [3.05, 3.63) is 23.4 Å². The van der Waals surface area contributed by atoms with E-state index in [0.29, 0.717) is 24.7 Å². The molecule has 1 rings (SSSR count). The second-order valence-electron chi connectivity index (χ2n) is 2.99. The molecular weight excluding hydrogens is 198 g/mol. The van der Waals surface area contributed by atoms with Gasteiger partial charge in [0.1, 0.15) is 6.61 Å². The van der Waals surface area contributed by atoms with Gasteiger partial charge in [0.15, 0.2) is 0 Å². The molecule has 0 aliphatic carbocycles. The average molecular weight is 211 g/mol. The summed E-state index contributed by atoms with van der Waals surface area (Å²) in [6, 6.07) is 1.53. The van der Waals surface area contributed by atoms with E-state index in [9.17, 15) is 4.79 Å². The van der Waals surface area contributed by atoms with Gasteiger partial charge in [-0.15, -0.1) is 0 Å². The van der Waals surface area contributed by atoms with Crippen LogP contribution in [0.1, 0.15) is 15.9 Å². The van der Waals surface area contributed by atoms with Crippen LogP contribution >= 0.6 is 0 Å². The van der Waals surface area contributed by atoms with E-state index in [-0.39, 0.29) is 5.56 Å². The van der Waals surface area contributed by atoms with E-state index >= 15 is 0 Å². The summed E-state index contributed by atoms with van der Waals surface area (Å²) in [6.45, 7) is 2.63. The highest BCUT2D eigenvalue weighted by Crippen LogP contribution is 2.15. The van der Waals surface area contributed by atoms with Gasteiger partial charge in [-0.1, -0.05) is 0 Å². The molecule has 0 atom stereocenters. The molecule has 0 fully saturated rings. The van der Waals surface area contributed by atoms with Gasteiger partial charge in [-0.05, 0) is 13.0 Å². The Morgan fingerprint density at radius 3 is 2.80 bits per heavy atom. The second kappa shape index (κ2) is 5.31. The van der Waals surface area contributed by atoms with Gasteiger partial charge in [0, 0.05) is 18.9 Å². The lowest BCUT2D eigenvalue weighted by molar-refractivity contribution is 0.0696. The summed E-state index contributed by atoms with van der Waals surface area (Å²) in [7, 11) is 1.58. The molecule has 0 bridgehead atoms. The highest BCUT2D eigenvalue weighted by atomic mass is 16.5. The van der Waals surface area contributed by atoms with Gasteiger partial charge in [-0.3, -0.25) is 0 Å². The van der Waals surface area contributed by atoms with Crippen LogP contribution in [0.25, 0.3) is 0 Å². The van der Waals surface area contributed by atoms with Crippen molar-refractivity contribution in [2.24, 2.45) is 0 Å². The zero-order valence-corrected chi connectivity index (χ0v) is 8.69. The fourth-order valence-electron chi connectivity index (χ4n) is 1.05. The number of rotatable bonds is 5. The number of hydrogen-bond acceptors (Lipinski definition) is 4. The predicted octanol–water partition coefficient (Wildman–Crippen LogP) is 1.11. The fraction of sp³-hybridized carbons (Fsp3) is 0.400. The minimum atomic E-state index is -0.992. The molecule has 0 saturated carbocycles. The molecule has 0 spiro atoms. The van der Waals surface area contributed by atoms with E-state index in [1.807, 2.05) is 0 Å². The lowest BCUT2D eigenvalue weighted by Gasteiger charge is -2.07. The van der Waals surface area contributed by atoms with E-state index in [4.69, 9.17) is 14.6 Å². The van der Waals surface area contributed by atoms with Gasteiger partial charge in [0.05, 0.1) is 12.2 Å². The normalized spacial score (nSPS) is 10.0. The van der Waals surface area contributed by atoms with Crippen molar-refractivity contribution in [1.82, 2.24) is 4.98 Å². The van der Waals surface area contributed by atoms with Crippen LogP contribution in [0.5, 0.6) is 5.88 Å². The minimum Gasteiger partial charge on any atom is -0.478 e. The number of aromatic carboxylic acids is 1. The van der Waals surface area contributed by atoms with Crippen LogP contribution in [0.4, 0.5) is 0 Å². The minimum absolute atomic E-state index is 0.159. The molecule has 1 N–H and O–H groups in total. The number of aromatic nitrogens is 1. The molecule has 0 radical (unpaired) electrons. The molecule has 0 aromatic carbocycles. The van der Waals surface area contributed by atoms with Crippen molar-refractivity contribution in [2.75, 3.05) is 20.3 Å². The van der Waals surface area contributed by atoms with Crippen molar-refractivity contribution >= 4 is 5.97 Å². The number of methoxy groups -OCH3 is 1. The molecule has 15 heavy (non-hydrogen) atoms. The molecule has 5 heteroatoms. The summed E-state index contributed by atoms with van der Waals surface area (Å²) in [5.74, 6) is -0.550. The highest BCUT2D eigenvalue weighted by Gasteiger charge is 2.07. The Labute approximate surface area is 87.7 Å². The number of aryl methyl sites for hydroxylation is 1. The molecule has 0 unspecified atom stereocenters. The van der Waals surface area contributed by atoms with E-state index in [2.05, 4.69) is 4.98 Å². The van der Waals surface area contributed by atoms with Gasteiger partial charge in [-0.25, -0.2) is 9.78 Å². The van der Waals surface area contributed by atoms with E-state index in [1.165, 1.54) is 12.3 Å². The third kappa shape index (κ3) is 3.21. The standard InChI is InChI=1S/C10H13NO4/c1-7-5-8(10(12)13)6-11-9(7)15-4-3-14-2/h5-6H,3-4H2,1-2H3,(H,12,13). The maximum absolute atomic E-state index is 10.6. The number of carboxylic acids is 1. The van der Waals surface area contributed by atoms with Crippen LogP contribution in [0.2, 0.25) is 0 Å². The van der Waals surface area contributed by atoms with E-state index in [0.717, 1.165) is 0 Å². The van der Waals surface area contributed by atoms with Crippen LogP contribution in [0.3, 0.4) is 0 Å². The first-order chi connectivity index (χ1) is 7.15. The van der Waals surface area contributed by atoms with Gasteiger partial charge in [-0.2, -0.15) is 0 Å². The predicted molar refractivity (Wildman–Crippen MR) is 53.3 cm³/mol. The number of carbonyl (C=O) groups is 1. The van der Waals surface area contributed by atoms with Crippen LogP contribution in [-0.2, 0) is 4.74 Å². The molecule has 82 valence electrons. The zero-order chi connectivity index (χ0) is 11.3. The Balaban J connectivity index is 2.70. The van der Waals surface area contributed by atoms with Crippen LogP contribution < -0.4 is 4.74 Å². The summed E-state index contributed by atoms with van der Waals surface area (Å²) in [6.07, 6.45) is 1.28. The second-order valence-corrected chi connectivity index (χ2v) is 2.99. The van der Waals surface area contributed by atoms with Gasteiger partial charge >= 0.3 is 5.97 Å². The first kappa shape index (κ1) is 11.5. The SMILES string of the molecule is COCCOc1ncc(C(=O)O)cc1C.